The monoisotopic (exact) mass is 342 g/mol. The Balaban J connectivity index is 1.44. The lowest BCUT2D eigenvalue weighted by Crippen LogP contribution is -2.34. The molecule has 1 amide bonds. The molecule has 4 rings (SSSR count). The number of carbonyl (C=O) groups excluding carboxylic acids is 1. The smallest absolute Gasteiger partial charge is 0.265 e. The standard InChI is InChI=1S/C19H26N4O2/c1-2-17-22-18(23-25-17)13-6-8-14-12(11-13)7-9-15(14)21-19(24)16-5-3-4-10-20-16/h6,8,11,15,17-18,22-23H,2-5,7,9-10H2,1H3,(H,21,24)/t15-,17?,18?/m1/s1. The topological polar surface area (TPSA) is 74.8 Å². The van der Waals surface area contributed by atoms with Crippen LogP contribution in [0, 0.1) is 0 Å². The number of amides is 1. The fraction of sp³-hybridized carbons (Fsp3) is 0.579. The molecule has 1 fully saturated rings. The van der Waals surface area contributed by atoms with E-state index in [1.54, 1.807) is 0 Å². The second-order valence-corrected chi connectivity index (χ2v) is 7.04. The molecule has 134 valence electrons. The van der Waals surface area contributed by atoms with Gasteiger partial charge in [0, 0.05) is 6.54 Å². The maximum Gasteiger partial charge on any atom is 0.265 e. The Morgan fingerprint density at radius 2 is 2.28 bits per heavy atom. The zero-order valence-electron chi connectivity index (χ0n) is 14.7. The maximum atomic E-state index is 12.4. The predicted octanol–water partition coefficient (Wildman–Crippen LogP) is 2.27. The molecule has 3 aliphatic rings. The van der Waals surface area contributed by atoms with E-state index in [2.05, 4.69) is 46.2 Å². The highest BCUT2D eigenvalue weighted by Gasteiger charge is 2.29. The van der Waals surface area contributed by atoms with Crippen LogP contribution in [0.2, 0.25) is 0 Å². The zero-order valence-corrected chi connectivity index (χ0v) is 14.7. The number of aliphatic imine (C=N–C) groups is 1. The van der Waals surface area contributed by atoms with Crippen LogP contribution in [0.4, 0.5) is 0 Å². The Bertz CT molecular complexity index is 688. The van der Waals surface area contributed by atoms with Crippen molar-refractivity contribution in [3.8, 4) is 0 Å². The summed E-state index contributed by atoms with van der Waals surface area (Å²) in [6.07, 6.45) is 5.93. The summed E-state index contributed by atoms with van der Waals surface area (Å²) in [5, 5.41) is 6.60. The minimum atomic E-state index is 0.0138. The molecule has 1 aliphatic carbocycles. The molecule has 0 bridgehead atoms. The number of nitrogens with zero attached hydrogens (tertiary/aromatic N) is 1. The molecular weight excluding hydrogens is 316 g/mol. The maximum absolute atomic E-state index is 12.4. The molecule has 0 saturated carbocycles. The van der Waals surface area contributed by atoms with Gasteiger partial charge in [-0.2, -0.15) is 5.48 Å². The highest BCUT2D eigenvalue weighted by Crippen LogP contribution is 2.33. The van der Waals surface area contributed by atoms with E-state index in [1.165, 1.54) is 16.7 Å². The van der Waals surface area contributed by atoms with E-state index < -0.39 is 0 Å². The van der Waals surface area contributed by atoms with Crippen LogP contribution in [0.15, 0.2) is 23.2 Å². The molecule has 25 heavy (non-hydrogen) atoms. The van der Waals surface area contributed by atoms with Crippen molar-refractivity contribution in [3.63, 3.8) is 0 Å². The fourth-order valence-electron chi connectivity index (χ4n) is 3.86. The van der Waals surface area contributed by atoms with Crippen molar-refractivity contribution in [2.75, 3.05) is 6.54 Å². The van der Waals surface area contributed by atoms with Gasteiger partial charge in [-0.15, -0.1) is 0 Å². The van der Waals surface area contributed by atoms with E-state index in [9.17, 15) is 4.79 Å². The normalized spacial score (nSPS) is 28.5. The Hall–Kier alpha value is -1.76. The number of aryl methyl sites for hydroxylation is 1. The number of hydrogen-bond donors (Lipinski definition) is 3. The van der Waals surface area contributed by atoms with Crippen LogP contribution in [-0.4, -0.2) is 24.4 Å². The van der Waals surface area contributed by atoms with Crippen LogP contribution in [0.25, 0.3) is 0 Å². The first-order valence-corrected chi connectivity index (χ1v) is 9.38. The molecule has 0 spiro atoms. The Morgan fingerprint density at radius 3 is 3.04 bits per heavy atom. The van der Waals surface area contributed by atoms with Gasteiger partial charge >= 0.3 is 0 Å². The number of benzene rings is 1. The number of rotatable bonds is 4. The third-order valence-corrected chi connectivity index (χ3v) is 5.32. The van der Waals surface area contributed by atoms with Crippen LogP contribution in [-0.2, 0) is 16.1 Å². The summed E-state index contributed by atoms with van der Waals surface area (Å²) in [7, 11) is 0. The first kappa shape index (κ1) is 16.7. The van der Waals surface area contributed by atoms with Crippen molar-refractivity contribution < 1.29 is 9.63 Å². The molecule has 6 heteroatoms. The summed E-state index contributed by atoms with van der Waals surface area (Å²) >= 11 is 0. The molecule has 3 atom stereocenters. The van der Waals surface area contributed by atoms with Gasteiger partial charge in [-0.25, -0.2) is 0 Å². The Morgan fingerprint density at radius 1 is 1.36 bits per heavy atom. The predicted molar refractivity (Wildman–Crippen MR) is 96.0 cm³/mol. The number of nitrogens with one attached hydrogen (secondary N) is 3. The van der Waals surface area contributed by atoms with Crippen molar-refractivity contribution in [2.24, 2.45) is 4.99 Å². The van der Waals surface area contributed by atoms with Crippen molar-refractivity contribution >= 4 is 11.6 Å². The SMILES string of the molecule is CCC1NC(c2ccc3c(c2)CC[C@H]3NC(=O)C2=NCCCC2)NO1. The first-order valence-electron chi connectivity index (χ1n) is 9.38. The first-order chi connectivity index (χ1) is 12.2. The number of hydroxylamine groups is 1. The van der Waals surface area contributed by atoms with Gasteiger partial charge in [0.2, 0.25) is 0 Å². The molecule has 0 aromatic heterocycles. The van der Waals surface area contributed by atoms with Crippen molar-refractivity contribution in [1.82, 2.24) is 16.1 Å². The lowest BCUT2D eigenvalue weighted by molar-refractivity contribution is -0.115. The van der Waals surface area contributed by atoms with E-state index >= 15 is 0 Å². The van der Waals surface area contributed by atoms with E-state index in [1.807, 2.05) is 0 Å². The molecule has 2 unspecified atom stereocenters. The van der Waals surface area contributed by atoms with Gasteiger partial charge in [-0.3, -0.25) is 19.9 Å². The van der Waals surface area contributed by atoms with E-state index in [0.29, 0.717) is 0 Å². The number of carbonyl (C=O) groups is 1. The largest absolute Gasteiger partial charge is 0.344 e. The summed E-state index contributed by atoms with van der Waals surface area (Å²) in [5.41, 5.74) is 7.51. The average Bonchev–Trinajstić information content (AvgIpc) is 3.29. The quantitative estimate of drug-likeness (QED) is 0.785. The third-order valence-electron chi connectivity index (χ3n) is 5.32. The van der Waals surface area contributed by atoms with Gasteiger partial charge in [0.1, 0.15) is 12.4 Å². The van der Waals surface area contributed by atoms with Crippen molar-refractivity contribution in [2.45, 2.75) is 63.9 Å². The lowest BCUT2D eigenvalue weighted by atomic mass is 10.0. The lowest BCUT2D eigenvalue weighted by Gasteiger charge is -2.18. The van der Waals surface area contributed by atoms with Crippen LogP contribution in [0.1, 0.15) is 67.9 Å². The highest BCUT2D eigenvalue weighted by molar-refractivity contribution is 6.39. The third kappa shape index (κ3) is 3.47. The summed E-state index contributed by atoms with van der Waals surface area (Å²) in [6, 6.07) is 6.60. The van der Waals surface area contributed by atoms with Crippen LogP contribution >= 0.6 is 0 Å². The van der Waals surface area contributed by atoms with E-state index in [0.717, 1.165) is 50.8 Å². The zero-order chi connectivity index (χ0) is 17.2. The summed E-state index contributed by atoms with van der Waals surface area (Å²) in [5.74, 6) is 0.0138. The molecule has 1 saturated heterocycles. The van der Waals surface area contributed by atoms with Gasteiger partial charge in [0.05, 0.1) is 11.8 Å². The number of hydrogen-bond acceptors (Lipinski definition) is 5. The molecule has 2 aliphatic heterocycles. The minimum absolute atomic E-state index is 0.0138. The van der Waals surface area contributed by atoms with E-state index in [4.69, 9.17) is 4.84 Å². The average molecular weight is 342 g/mol. The van der Waals surface area contributed by atoms with Crippen LogP contribution in [0.3, 0.4) is 0 Å². The second-order valence-electron chi connectivity index (χ2n) is 7.04. The molecule has 6 nitrogen and oxygen atoms in total. The van der Waals surface area contributed by atoms with Gasteiger partial charge in [0.25, 0.3) is 5.91 Å². The molecule has 1 aromatic rings. The van der Waals surface area contributed by atoms with Crippen molar-refractivity contribution in [3.05, 3.63) is 34.9 Å². The summed E-state index contributed by atoms with van der Waals surface area (Å²) in [4.78, 5) is 22.3. The minimum Gasteiger partial charge on any atom is -0.344 e. The van der Waals surface area contributed by atoms with Crippen molar-refractivity contribution in [1.29, 1.82) is 0 Å². The summed E-state index contributed by atoms with van der Waals surface area (Å²) < 4.78 is 0. The molecule has 1 aromatic carbocycles. The van der Waals surface area contributed by atoms with E-state index in [-0.39, 0.29) is 24.3 Å². The molecule has 0 radical (unpaired) electrons. The Kier molecular flexibility index (Phi) is 4.83. The van der Waals surface area contributed by atoms with Gasteiger partial charge in [-0.05, 0) is 55.2 Å². The number of fused-ring (bicyclic) bond motifs is 1. The van der Waals surface area contributed by atoms with Crippen LogP contribution < -0.4 is 16.1 Å². The molecule has 2 heterocycles. The fourth-order valence-corrected chi connectivity index (χ4v) is 3.86. The molecule has 3 N–H and O–H groups in total. The van der Waals surface area contributed by atoms with Gasteiger partial charge < -0.3 is 5.32 Å². The summed E-state index contributed by atoms with van der Waals surface area (Å²) in [6.45, 7) is 2.88. The van der Waals surface area contributed by atoms with Gasteiger partial charge in [0.15, 0.2) is 0 Å². The van der Waals surface area contributed by atoms with Crippen LogP contribution in [0.5, 0.6) is 0 Å². The Labute approximate surface area is 148 Å². The highest BCUT2D eigenvalue weighted by atomic mass is 16.7. The van der Waals surface area contributed by atoms with Gasteiger partial charge in [-0.1, -0.05) is 25.1 Å². The second kappa shape index (κ2) is 7.23. The molecular formula is C19H26N4O2.